The van der Waals surface area contributed by atoms with Crippen LogP contribution in [0.15, 0.2) is 48.8 Å². The summed E-state index contributed by atoms with van der Waals surface area (Å²) in [4.78, 5) is 26.7. The van der Waals surface area contributed by atoms with Crippen molar-refractivity contribution in [3.63, 3.8) is 0 Å². The Morgan fingerprint density at radius 3 is 2.78 bits per heavy atom. The van der Waals surface area contributed by atoms with E-state index in [1.165, 1.54) is 0 Å². The van der Waals surface area contributed by atoms with Crippen LogP contribution < -0.4 is 10.6 Å². The molecule has 0 bridgehead atoms. The van der Waals surface area contributed by atoms with Crippen LogP contribution in [-0.4, -0.2) is 45.5 Å². The molecule has 0 aliphatic carbocycles. The minimum atomic E-state index is -0.186. The molecule has 1 saturated heterocycles. The first kappa shape index (κ1) is 19.1. The summed E-state index contributed by atoms with van der Waals surface area (Å²) < 4.78 is 0. The van der Waals surface area contributed by atoms with Gasteiger partial charge in [0.2, 0.25) is 0 Å². The molecule has 1 aromatic carbocycles. The van der Waals surface area contributed by atoms with E-state index >= 15 is 0 Å². The maximum Gasteiger partial charge on any atom is 0.319 e. The maximum atomic E-state index is 12.3. The number of aromatic amines is 1. The molecule has 2 amide bonds. The Hall–Kier alpha value is -2.64. The van der Waals surface area contributed by atoms with E-state index in [1.54, 1.807) is 24.5 Å². The van der Waals surface area contributed by atoms with Crippen molar-refractivity contribution >= 4 is 35.2 Å². The quantitative estimate of drug-likeness (QED) is 0.644. The highest BCUT2D eigenvalue weighted by atomic mass is 35.5. The predicted octanol–water partition coefficient (Wildman–Crippen LogP) is 3.34. The van der Waals surface area contributed by atoms with Gasteiger partial charge in [0.05, 0.1) is 17.1 Å². The van der Waals surface area contributed by atoms with Crippen molar-refractivity contribution in [3.8, 4) is 0 Å². The van der Waals surface area contributed by atoms with E-state index in [-0.39, 0.29) is 30.5 Å². The molecule has 142 valence electrons. The smallest absolute Gasteiger partial charge is 0.319 e. The van der Waals surface area contributed by atoms with Gasteiger partial charge in [-0.25, -0.2) is 9.78 Å². The van der Waals surface area contributed by atoms with Crippen LogP contribution >= 0.6 is 12.4 Å². The summed E-state index contributed by atoms with van der Waals surface area (Å²) in [5, 5.41) is 5.93. The Balaban J connectivity index is 0.00000210. The van der Waals surface area contributed by atoms with Crippen molar-refractivity contribution < 1.29 is 4.79 Å². The highest BCUT2D eigenvalue weighted by Crippen LogP contribution is 2.29. The Kier molecular flexibility index (Phi) is 5.93. The molecule has 4 rings (SSSR count). The predicted molar refractivity (Wildman–Crippen MR) is 108 cm³/mol. The first-order chi connectivity index (χ1) is 12.7. The highest BCUT2D eigenvalue weighted by Gasteiger charge is 2.30. The number of carbonyl (C=O) groups excluding carboxylic acids is 1. The summed E-state index contributed by atoms with van der Waals surface area (Å²) in [6.07, 6.45) is 5.04. The van der Waals surface area contributed by atoms with Crippen molar-refractivity contribution in [3.05, 3.63) is 54.6 Å². The molecule has 3 heterocycles. The second-order valence-electron chi connectivity index (χ2n) is 6.69. The minimum absolute atomic E-state index is 0. The number of nitrogens with zero attached hydrogens (tertiary/aromatic N) is 3. The third-order valence-electron chi connectivity index (χ3n) is 4.87. The number of urea groups is 1. The number of fused-ring (bicyclic) bond motifs is 1. The van der Waals surface area contributed by atoms with Gasteiger partial charge in [-0.05, 0) is 44.2 Å². The van der Waals surface area contributed by atoms with E-state index in [1.807, 2.05) is 24.3 Å². The van der Waals surface area contributed by atoms with E-state index in [4.69, 9.17) is 4.98 Å². The molecule has 1 aliphatic rings. The largest absolute Gasteiger partial charge is 0.341 e. The molecule has 0 saturated carbocycles. The fraction of sp³-hybridized carbons (Fsp3) is 0.316. The lowest BCUT2D eigenvalue weighted by Crippen LogP contribution is -2.46. The number of amides is 2. The second-order valence-corrected chi connectivity index (χ2v) is 6.69. The molecule has 27 heavy (non-hydrogen) atoms. The van der Waals surface area contributed by atoms with E-state index < -0.39 is 0 Å². The molecule has 0 unspecified atom stereocenters. The number of nitrogens with one attached hydrogen (secondary N) is 3. The van der Waals surface area contributed by atoms with Gasteiger partial charge >= 0.3 is 6.03 Å². The third-order valence-corrected chi connectivity index (χ3v) is 4.87. The van der Waals surface area contributed by atoms with Crippen LogP contribution in [0.2, 0.25) is 0 Å². The van der Waals surface area contributed by atoms with Gasteiger partial charge in [-0.3, -0.25) is 9.88 Å². The lowest BCUT2D eigenvalue weighted by molar-refractivity contribution is 0.153. The molecule has 8 heteroatoms. The summed E-state index contributed by atoms with van der Waals surface area (Å²) in [5.74, 6) is 0.953. The van der Waals surface area contributed by atoms with Crippen molar-refractivity contribution in [2.75, 3.05) is 18.9 Å². The Morgan fingerprint density at radius 1 is 1.22 bits per heavy atom. The van der Waals surface area contributed by atoms with Gasteiger partial charge in [-0.1, -0.05) is 12.1 Å². The molecule has 2 atom stereocenters. The Morgan fingerprint density at radius 2 is 2.00 bits per heavy atom. The molecule has 1 fully saturated rings. The van der Waals surface area contributed by atoms with Crippen LogP contribution in [0, 0.1) is 0 Å². The average Bonchev–Trinajstić information content (AvgIpc) is 3.08. The van der Waals surface area contributed by atoms with Crippen molar-refractivity contribution in [2.24, 2.45) is 0 Å². The van der Waals surface area contributed by atoms with Crippen molar-refractivity contribution in [2.45, 2.75) is 24.9 Å². The number of carbonyl (C=O) groups is 1. The Bertz CT molecular complexity index is 866. The zero-order valence-corrected chi connectivity index (χ0v) is 15.9. The number of pyridine rings is 1. The number of para-hydroxylation sites is 2. The number of piperidine rings is 1. The van der Waals surface area contributed by atoms with Crippen LogP contribution in [0.5, 0.6) is 0 Å². The average molecular weight is 387 g/mol. The van der Waals surface area contributed by atoms with Gasteiger partial charge in [-0.15, -0.1) is 12.4 Å². The minimum Gasteiger partial charge on any atom is -0.341 e. The van der Waals surface area contributed by atoms with Gasteiger partial charge in [0, 0.05) is 30.7 Å². The topological polar surface area (TPSA) is 85.9 Å². The number of aromatic nitrogens is 3. The molecule has 0 radical (unpaired) electrons. The zero-order chi connectivity index (χ0) is 17.9. The molecular weight excluding hydrogens is 364 g/mol. The van der Waals surface area contributed by atoms with Crippen LogP contribution in [0.25, 0.3) is 11.0 Å². The molecule has 2 aromatic heterocycles. The number of anilines is 1. The number of H-pyrrole nitrogens is 1. The van der Waals surface area contributed by atoms with Gasteiger partial charge in [0.1, 0.15) is 5.82 Å². The Labute approximate surface area is 164 Å². The number of imidazole rings is 1. The second kappa shape index (κ2) is 8.37. The van der Waals surface area contributed by atoms with E-state index in [0.29, 0.717) is 0 Å². The fourth-order valence-corrected chi connectivity index (χ4v) is 3.45. The highest BCUT2D eigenvalue weighted by molar-refractivity contribution is 5.89. The number of rotatable bonds is 3. The number of benzene rings is 1. The summed E-state index contributed by atoms with van der Waals surface area (Å²) in [7, 11) is 2.10. The normalized spacial score (nSPS) is 20.0. The van der Waals surface area contributed by atoms with E-state index in [9.17, 15) is 4.79 Å². The molecule has 0 spiro atoms. The summed E-state index contributed by atoms with van der Waals surface area (Å²) in [6, 6.07) is 11.6. The van der Waals surface area contributed by atoms with Crippen LogP contribution in [-0.2, 0) is 0 Å². The number of hydrogen-bond donors (Lipinski definition) is 3. The van der Waals surface area contributed by atoms with Crippen LogP contribution in [0.4, 0.5) is 10.5 Å². The molecule has 3 aromatic rings. The summed E-state index contributed by atoms with van der Waals surface area (Å²) in [5.41, 5.74) is 2.75. The van der Waals surface area contributed by atoms with Gasteiger partial charge in [0.25, 0.3) is 0 Å². The van der Waals surface area contributed by atoms with Crippen molar-refractivity contribution in [1.82, 2.24) is 25.2 Å². The summed E-state index contributed by atoms with van der Waals surface area (Å²) in [6.45, 7) is 0.905. The fourth-order valence-electron chi connectivity index (χ4n) is 3.45. The third kappa shape index (κ3) is 4.37. The zero-order valence-electron chi connectivity index (χ0n) is 15.1. The molecule has 1 aliphatic heterocycles. The summed E-state index contributed by atoms with van der Waals surface area (Å²) >= 11 is 0. The molecular formula is C19H23ClN6O. The van der Waals surface area contributed by atoms with Crippen LogP contribution in [0.1, 0.15) is 24.7 Å². The van der Waals surface area contributed by atoms with E-state index in [2.05, 4.69) is 32.5 Å². The maximum absolute atomic E-state index is 12.3. The lowest BCUT2D eigenvalue weighted by Gasteiger charge is -2.36. The van der Waals surface area contributed by atoms with Gasteiger partial charge in [-0.2, -0.15) is 0 Å². The molecule has 7 nitrogen and oxygen atoms in total. The monoisotopic (exact) mass is 386 g/mol. The number of hydrogen-bond acceptors (Lipinski definition) is 4. The van der Waals surface area contributed by atoms with Crippen molar-refractivity contribution in [1.29, 1.82) is 0 Å². The van der Waals surface area contributed by atoms with E-state index in [0.717, 1.165) is 41.9 Å². The number of likely N-dealkylation sites (tertiary alicyclic amines) is 1. The van der Waals surface area contributed by atoms with Crippen LogP contribution in [0.3, 0.4) is 0 Å². The van der Waals surface area contributed by atoms with Gasteiger partial charge < -0.3 is 15.6 Å². The first-order valence-electron chi connectivity index (χ1n) is 8.81. The SMILES string of the molecule is CN1CC[C@@H](NC(=O)Nc2ccncc2)C[C@@H]1c1nc2ccccc2[nH]1.Cl. The first-order valence-corrected chi connectivity index (χ1v) is 8.81. The molecule has 3 N–H and O–H groups in total. The number of halogens is 1. The van der Waals surface area contributed by atoms with Gasteiger partial charge in [0.15, 0.2) is 0 Å². The lowest BCUT2D eigenvalue weighted by atomic mass is 9.97. The standard InChI is InChI=1S/C19H22N6O.ClH/c1-25-11-8-14(22-19(26)21-13-6-9-20-10-7-13)12-17(25)18-23-15-4-2-3-5-16(15)24-18;/h2-7,9-10,14,17H,8,11-12H2,1H3,(H,23,24)(H2,20,21,22,26);1H/t14-,17-;/m1./s1.